The number of nitrogens with zero attached hydrogens (tertiary/aromatic N) is 1. The van der Waals surface area contributed by atoms with Crippen LogP contribution < -0.4 is 0 Å². The number of hydrogen-bond donors (Lipinski definition) is 1. The van der Waals surface area contributed by atoms with Crippen LogP contribution in [0.5, 0.6) is 0 Å². The quantitative estimate of drug-likeness (QED) is 0.917. The van der Waals surface area contributed by atoms with Crippen molar-refractivity contribution in [3.8, 4) is 0 Å². The van der Waals surface area contributed by atoms with E-state index in [1.54, 1.807) is 0 Å². The molecule has 1 unspecified atom stereocenters. The third kappa shape index (κ3) is 2.96. The van der Waals surface area contributed by atoms with Gasteiger partial charge in [0.2, 0.25) is 0 Å². The summed E-state index contributed by atoms with van der Waals surface area (Å²) in [5.74, 6) is -2.46. The van der Waals surface area contributed by atoms with Crippen LogP contribution in [0.4, 0.5) is 4.39 Å². The molecule has 1 aromatic carbocycles. The van der Waals surface area contributed by atoms with Gasteiger partial charge in [-0.15, -0.1) is 0 Å². The smallest absolute Gasteiger partial charge is 0.335 e. The summed E-state index contributed by atoms with van der Waals surface area (Å²) >= 11 is 0. The van der Waals surface area contributed by atoms with E-state index in [0.717, 1.165) is 12.5 Å². The first-order valence-corrected chi connectivity index (χ1v) is 6.46. The standard InChI is InChI=1S/C14H16FNO4/c1-2-10-8-16(5-6-20-10)13(17)11-4-3-9(14(18)19)7-12(11)15/h3-4,7,10H,2,5-6,8H2,1H3,(H,18,19). The molecule has 20 heavy (non-hydrogen) atoms. The van der Waals surface area contributed by atoms with E-state index in [1.165, 1.54) is 17.0 Å². The van der Waals surface area contributed by atoms with Gasteiger partial charge in [0.15, 0.2) is 0 Å². The molecule has 2 rings (SSSR count). The SMILES string of the molecule is CCC1CN(C(=O)c2ccc(C(=O)O)cc2F)CCO1. The highest BCUT2D eigenvalue weighted by molar-refractivity contribution is 5.96. The zero-order chi connectivity index (χ0) is 14.7. The predicted octanol–water partition coefficient (Wildman–Crippen LogP) is 1.77. The topological polar surface area (TPSA) is 66.8 Å². The molecule has 1 aliphatic heterocycles. The minimum absolute atomic E-state index is 0.0333. The van der Waals surface area contributed by atoms with E-state index in [2.05, 4.69) is 0 Å². The van der Waals surface area contributed by atoms with Crippen LogP contribution in [-0.4, -0.2) is 47.7 Å². The van der Waals surface area contributed by atoms with Crippen molar-refractivity contribution in [3.05, 3.63) is 35.1 Å². The minimum Gasteiger partial charge on any atom is -0.478 e. The van der Waals surface area contributed by atoms with Crippen LogP contribution in [0, 0.1) is 5.82 Å². The molecule has 0 bridgehead atoms. The number of carboxylic acids is 1. The van der Waals surface area contributed by atoms with Crippen LogP contribution in [0.15, 0.2) is 18.2 Å². The van der Waals surface area contributed by atoms with Gasteiger partial charge in [-0.2, -0.15) is 0 Å². The van der Waals surface area contributed by atoms with E-state index in [1.807, 2.05) is 6.92 Å². The number of carbonyl (C=O) groups is 2. The van der Waals surface area contributed by atoms with E-state index in [9.17, 15) is 14.0 Å². The van der Waals surface area contributed by atoms with Gasteiger partial charge in [-0.25, -0.2) is 9.18 Å². The van der Waals surface area contributed by atoms with Gasteiger partial charge in [-0.1, -0.05) is 6.92 Å². The molecule has 1 fully saturated rings. The highest BCUT2D eigenvalue weighted by Gasteiger charge is 2.26. The molecule has 0 radical (unpaired) electrons. The zero-order valence-corrected chi connectivity index (χ0v) is 11.1. The Balaban J connectivity index is 2.18. The van der Waals surface area contributed by atoms with Crippen molar-refractivity contribution < 1.29 is 23.8 Å². The van der Waals surface area contributed by atoms with Gasteiger partial charge in [-0.3, -0.25) is 4.79 Å². The maximum atomic E-state index is 13.9. The molecule has 1 aromatic rings. The van der Waals surface area contributed by atoms with Gasteiger partial charge < -0.3 is 14.7 Å². The van der Waals surface area contributed by atoms with Crippen molar-refractivity contribution in [1.82, 2.24) is 4.90 Å². The van der Waals surface area contributed by atoms with Crippen LogP contribution in [-0.2, 0) is 4.74 Å². The van der Waals surface area contributed by atoms with Crippen molar-refractivity contribution in [2.45, 2.75) is 19.4 Å². The fraction of sp³-hybridized carbons (Fsp3) is 0.429. The summed E-state index contributed by atoms with van der Waals surface area (Å²) in [5.41, 5.74) is -0.279. The monoisotopic (exact) mass is 281 g/mol. The third-order valence-corrected chi connectivity index (χ3v) is 3.33. The lowest BCUT2D eigenvalue weighted by atomic mass is 10.1. The first kappa shape index (κ1) is 14.5. The maximum Gasteiger partial charge on any atom is 0.335 e. The number of rotatable bonds is 3. The predicted molar refractivity (Wildman–Crippen MR) is 69.3 cm³/mol. The number of hydrogen-bond acceptors (Lipinski definition) is 3. The Hall–Kier alpha value is -1.95. The number of morpholine rings is 1. The first-order chi connectivity index (χ1) is 9.52. The molecule has 1 heterocycles. The number of amides is 1. The van der Waals surface area contributed by atoms with Crippen molar-refractivity contribution in [2.24, 2.45) is 0 Å². The second-order valence-corrected chi connectivity index (χ2v) is 4.65. The molecule has 1 atom stereocenters. The molecule has 108 valence electrons. The van der Waals surface area contributed by atoms with E-state index >= 15 is 0 Å². The van der Waals surface area contributed by atoms with Crippen LogP contribution in [0.25, 0.3) is 0 Å². The summed E-state index contributed by atoms with van der Waals surface area (Å²) in [5, 5.41) is 8.78. The molecule has 0 saturated carbocycles. The van der Waals surface area contributed by atoms with Gasteiger partial charge in [0.1, 0.15) is 5.82 Å². The molecule has 1 saturated heterocycles. The highest BCUT2D eigenvalue weighted by atomic mass is 19.1. The normalized spacial score (nSPS) is 18.9. The number of ether oxygens (including phenoxy) is 1. The second-order valence-electron chi connectivity index (χ2n) is 4.65. The summed E-state index contributed by atoms with van der Waals surface area (Å²) in [6.45, 7) is 3.23. The lowest BCUT2D eigenvalue weighted by Gasteiger charge is -2.32. The molecule has 0 aromatic heterocycles. The summed E-state index contributed by atoms with van der Waals surface area (Å²) in [7, 11) is 0. The molecule has 1 amide bonds. The van der Waals surface area contributed by atoms with Crippen LogP contribution >= 0.6 is 0 Å². The number of benzene rings is 1. The number of halogens is 1. The second kappa shape index (κ2) is 6.00. The summed E-state index contributed by atoms with van der Waals surface area (Å²) < 4.78 is 19.3. The summed E-state index contributed by atoms with van der Waals surface area (Å²) in [4.78, 5) is 24.5. The lowest BCUT2D eigenvalue weighted by molar-refractivity contribution is -0.0227. The molecule has 1 aliphatic rings. The van der Waals surface area contributed by atoms with Gasteiger partial charge in [-0.05, 0) is 24.6 Å². The Bertz CT molecular complexity index is 532. The summed E-state index contributed by atoms with van der Waals surface area (Å²) in [6.07, 6.45) is 0.749. The Morgan fingerprint density at radius 3 is 2.85 bits per heavy atom. The Labute approximate surface area is 116 Å². The Morgan fingerprint density at radius 2 is 2.25 bits per heavy atom. The lowest BCUT2D eigenvalue weighted by Crippen LogP contribution is -2.45. The fourth-order valence-electron chi connectivity index (χ4n) is 2.14. The van der Waals surface area contributed by atoms with E-state index in [0.29, 0.717) is 19.7 Å². The molecular formula is C14H16FNO4. The van der Waals surface area contributed by atoms with Crippen LogP contribution in [0.3, 0.4) is 0 Å². The number of aromatic carboxylic acids is 1. The Morgan fingerprint density at radius 1 is 1.50 bits per heavy atom. The first-order valence-electron chi connectivity index (χ1n) is 6.46. The fourth-order valence-corrected chi connectivity index (χ4v) is 2.14. The van der Waals surface area contributed by atoms with Gasteiger partial charge in [0, 0.05) is 13.1 Å². The Kier molecular flexibility index (Phi) is 4.34. The van der Waals surface area contributed by atoms with E-state index in [-0.39, 0.29) is 17.2 Å². The van der Waals surface area contributed by atoms with Crippen LogP contribution in [0.2, 0.25) is 0 Å². The van der Waals surface area contributed by atoms with Crippen molar-refractivity contribution in [3.63, 3.8) is 0 Å². The van der Waals surface area contributed by atoms with Crippen molar-refractivity contribution in [1.29, 1.82) is 0 Å². The number of carbonyl (C=O) groups excluding carboxylic acids is 1. The van der Waals surface area contributed by atoms with Gasteiger partial charge in [0.25, 0.3) is 5.91 Å². The third-order valence-electron chi connectivity index (χ3n) is 3.33. The molecule has 0 spiro atoms. The molecule has 0 aliphatic carbocycles. The van der Waals surface area contributed by atoms with Gasteiger partial charge >= 0.3 is 5.97 Å². The van der Waals surface area contributed by atoms with Crippen molar-refractivity contribution in [2.75, 3.05) is 19.7 Å². The largest absolute Gasteiger partial charge is 0.478 e. The van der Waals surface area contributed by atoms with E-state index in [4.69, 9.17) is 9.84 Å². The van der Waals surface area contributed by atoms with Crippen molar-refractivity contribution >= 4 is 11.9 Å². The average molecular weight is 281 g/mol. The van der Waals surface area contributed by atoms with Crippen LogP contribution in [0.1, 0.15) is 34.1 Å². The van der Waals surface area contributed by atoms with Gasteiger partial charge in [0.05, 0.1) is 23.8 Å². The van der Waals surface area contributed by atoms with E-state index < -0.39 is 17.7 Å². The highest BCUT2D eigenvalue weighted by Crippen LogP contribution is 2.16. The maximum absolute atomic E-state index is 13.9. The minimum atomic E-state index is -1.22. The molecule has 6 heteroatoms. The molecular weight excluding hydrogens is 265 g/mol. The molecule has 5 nitrogen and oxygen atoms in total. The number of carboxylic acid groups (broad SMARTS) is 1. The zero-order valence-electron chi connectivity index (χ0n) is 11.1. The molecule has 1 N–H and O–H groups in total. The summed E-state index contributed by atoms with van der Waals surface area (Å²) in [6, 6.07) is 3.32. The average Bonchev–Trinajstić information content (AvgIpc) is 2.46.